The van der Waals surface area contributed by atoms with E-state index in [1.807, 2.05) is 86.6 Å². The van der Waals surface area contributed by atoms with Gasteiger partial charge >= 0.3 is 0 Å². The second kappa shape index (κ2) is 7.65. The number of para-hydroxylation sites is 1. The summed E-state index contributed by atoms with van der Waals surface area (Å²) in [6, 6.07) is 23.6. The van der Waals surface area contributed by atoms with Crippen LogP contribution in [0.2, 0.25) is 0 Å². The summed E-state index contributed by atoms with van der Waals surface area (Å²) in [5, 5.41) is 8.55. The number of nitrogens with zero attached hydrogens (tertiary/aromatic N) is 4. The van der Waals surface area contributed by atoms with Crippen LogP contribution < -0.4 is 5.32 Å². The van der Waals surface area contributed by atoms with Crippen LogP contribution in [0.5, 0.6) is 0 Å². The molecular weight excluding hydrogens is 386 g/mol. The van der Waals surface area contributed by atoms with Crippen molar-refractivity contribution < 1.29 is 4.79 Å². The molecule has 0 aliphatic carbocycles. The van der Waals surface area contributed by atoms with Gasteiger partial charge in [0.05, 0.1) is 29.0 Å². The first-order valence-corrected chi connectivity index (χ1v) is 10.1. The van der Waals surface area contributed by atoms with E-state index in [1.165, 1.54) is 5.56 Å². The van der Waals surface area contributed by atoms with E-state index < -0.39 is 0 Å². The minimum absolute atomic E-state index is 0.134. The van der Waals surface area contributed by atoms with Crippen LogP contribution in [0.1, 0.15) is 17.0 Å². The van der Waals surface area contributed by atoms with Gasteiger partial charge < -0.3 is 5.32 Å². The summed E-state index contributed by atoms with van der Waals surface area (Å²) in [7, 11) is 0. The van der Waals surface area contributed by atoms with Gasteiger partial charge in [-0.15, -0.1) is 0 Å². The highest BCUT2D eigenvalue weighted by atomic mass is 16.1. The topological polar surface area (TPSA) is 72.2 Å². The molecule has 0 radical (unpaired) electrons. The monoisotopic (exact) mass is 407 g/mol. The number of aromatic nitrogens is 4. The Bertz CT molecular complexity index is 1420. The van der Waals surface area contributed by atoms with Crippen molar-refractivity contribution >= 4 is 28.3 Å². The van der Waals surface area contributed by atoms with Gasteiger partial charge in [0.15, 0.2) is 5.65 Å². The van der Waals surface area contributed by atoms with E-state index in [9.17, 15) is 4.79 Å². The fourth-order valence-electron chi connectivity index (χ4n) is 3.65. The first kappa shape index (κ1) is 18.9. The quantitative estimate of drug-likeness (QED) is 0.467. The van der Waals surface area contributed by atoms with E-state index in [-0.39, 0.29) is 12.3 Å². The first-order valence-electron chi connectivity index (χ1n) is 10.1. The molecule has 152 valence electrons. The fourth-order valence-corrected chi connectivity index (χ4v) is 3.65. The highest BCUT2D eigenvalue weighted by Gasteiger charge is 2.18. The number of fused-ring (bicyclic) bond motifs is 2. The Labute approximate surface area is 179 Å². The Morgan fingerprint density at radius 2 is 1.71 bits per heavy atom. The average Bonchev–Trinajstić information content (AvgIpc) is 3.11. The number of nitrogens with one attached hydrogen (secondary N) is 1. The van der Waals surface area contributed by atoms with Crippen molar-refractivity contribution in [2.24, 2.45) is 0 Å². The predicted octanol–water partition coefficient (Wildman–Crippen LogP) is 4.74. The second-order valence-electron chi connectivity index (χ2n) is 7.63. The van der Waals surface area contributed by atoms with Gasteiger partial charge in [-0.1, -0.05) is 48.0 Å². The molecule has 0 saturated heterocycles. The normalized spacial score (nSPS) is 11.2. The molecule has 0 bridgehead atoms. The maximum Gasteiger partial charge on any atom is 0.231 e. The number of pyridine rings is 1. The molecule has 0 spiro atoms. The van der Waals surface area contributed by atoms with Crippen LogP contribution in [-0.2, 0) is 11.2 Å². The first-order chi connectivity index (χ1) is 15.1. The fraction of sp³-hybridized carbons (Fsp3) is 0.120. The number of aryl methyl sites for hydroxylation is 2. The van der Waals surface area contributed by atoms with Crippen LogP contribution in [0.25, 0.3) is 27.8 Å². The smallest absolute Gasteiger partial charge is 0.231 e. The molecule has 6 nitrogen and oxygen atoms in total. The molecule has 5 rings (SSSR count). The number of rotatable bonds is 4. The third-order valence-electron chi connectivity index (χ3n) is 5.22. The van der Waals surface area contributed by atoms with Gasteiger partial charge in [-0.2, -0.15) is 5.10 Å². The molecule has 3 aromatic heterocycles. The molecule has 5 aromatic rings. The molecule has 3 heterocycles. The third-order valence-corrected chi connectivity index (χ3v) is 5.22. The van der Waals surface area contributed by atoms with Gasteiger partial charge in [-0.25, -0.2) is 14.5 Å². The molecule has 0 aliphatic heterocycles. The summed E-state index contributed by atoms with van der Waals surface area (Å²) in [6.07, 6.45) is 0.134. The van der Waals surface area contributed by atoms with Crippen molar-refractivity contribution in [2.45, 2.75) is 20.3 Å². The van der Waals surface area contributed by atoms with Crippen LogP contribution in [0, 0.1) is 13.8 Å². The highest BCUT2D eigenvalue weighted by molar-refractivity contribution is 5.93. The Balaban J connectivity index is 1.50. The number of carbonyl (C=O) groups is 1. The number of hydrogen-bond donors (Lipinski definition) is 1. The maximum absolute atomic E-state index is 13.0. The lowest BCUT2D eigenvalue weighted by atomic mass is 10.1. The number of amides is 1. The number of anilines is 1. The van der Waals surface area contributed by atoms with Crippen LogP contribution in [0.4, 0.5) is 5.82 Å². The summed E-state index contributed by atoms with van der Waals surface area (Å²) < 4.78 is 1.76. The Hall–Kier alpha value is -4.06. The molecule has 31 heavy (non-hydrogen) atoms. The molecule has 0 unspecified atom stereocenters. The Kier molecular flexibility index (Phi) is 4.67. The van der Waals surface area contributed by atoms with E-state index in [1.54, 1.807) is 4.52 Å². The average molecular weight is 407 g/mol. The van der Waals surface area contributed by atoms with Crippen molar-refractivity contribution in [1.82, 2.24) is 19.6 Å². The van der Waals surface area contributed by atoms with Crippen LogP contribution in [0.3, 0.4) is 0 Å². The van der Waals surface area contributed by atoms with Gasteiger partial charge in [-0.05, 0) is 44.2 Å². The third kappa shape index (κ3) is 3.75. The zero-order valence-corrected chi connectivity index (χ0v) is 17.3. The van der Waals surface area contributed by atoms with Gasteiger partial charge in [0, 0.05) is 10.9 Å². The summed E-state index contributed by atoms with van der Waals surface area (Å²) in [4.78, 5) is 22.3. The second-order valence-corrected chi connectivity index (χ2v) is 7.63. The van der Waals surface area contributed by atoms with E-state index >= 15 is 0 Å². The zero-order chi connectivity index (χ0) is 21.4. The molecule has 0 aliphatic rings. The number of hydrogen-bond acceptors (Lipinski definition) is 4. The van der Waals surface area contributed by atoms with Crippen LogP contribution in [0.15, 0.2) is 72.8 Å². The van der Waals surface area contributed by atoms with Crippen molar-refractivity contribution in [3.05, 3.63) is 89.7 Å². The number of benzene rings is 2. The standard InChI is InChI=1S/C25H21N5O/c1-16-7-10-19(11-8-16)25-21(30-23(28-25)14-9-17(2)29-30)15-24(31)27-22-13-12-18-5-3-4-6-20(18)26-22/h3-14H,15H2,1-2H3,(H,26,27,31). The van der Waals surface area contributed by atoms with E-state index in [0.717, 1.165) is 33.5 Å². The van der Waals surface area contributed by atoms with Crippen molar-refractivity contribution in [3.63, 3.8) is 0 Å². The van der Waals surface area contributed by atoms with E-state index in [0.29, 0.717) is 11.5 Å². The molecule has 0 fully saturated rings. The SMILES string of the molecule is Cc1ccc(-c2nc3ccc(C)nn3c2CC(=O)Nc2ccc3ccccc3n2)cc1. The minimum atomic E-state index is -0.166. The number of carbonyl (C=O) groups excluding carboxylic acids is 1. The minimum Gasteiger partial charge on any atom is -0.310 e. The largest absolute Gasteiger partial charge is 0.310 e. The summed E-state index contributed by atoms with van der Waals surface area (Å²) in [6.45, 7) is 3.97. The molecule has 0 atom stereocenters. The lowest BCUT2D eigenvalue weighted by molar-refractivity contribution is -0.115. The highest BCUT2D eigenvalue weighted by Crippen LogP contribution is 2.25. The summed E-state index contributed by atoms with van der Waals surface area (Å²) in [5.41, 5.74) is 6.06. The van der Waals surface area contributed by atoms with Crippen molar-refractivity contribution in [2.75, 3.05) is 5.32 Å². The van der Waals surface area contributed by atoms with Crippen molar-refractivity contribution in [1.29, 1.82) is 0 Å². The molecule has 6 heteroatoms. The molecule has 0 saturated carbocycles. The van der Waals surface area contributed by atoms with E-state index in [4.69, 9.17) is 4.98 Å². The Morgan fingerprint density at radius 3 is 2.55 bits per heavy atom. The van der Waals surface area contributed by atoms with Crippen LogP contribution in [-0.4, -0.2) is 25.5 Å². The van der Waals surface area contributed by atoms with Gasteiger partial charge in [-0.3, -0.25) is 4.79 Å². The zero-order valence-electron chi connectivity index (χ0n) is 17.3. The van der Waals surface area contributed by atoms with Crippen molar-refractivity contribution in [3.8, 4) is 11.3 Å². The Morgan fingerprint density at radius 1 is 0.903 bits per heavy atom. The lowest BCUT2D eigenvalue weighted by Crippen LogP contribution is -2.17. The van der Waals surface area contributed by atoms with Crippen LogP contribution >= 0.6 is 0 Å². The van der Waals surface area contributed by atoms with E-state index in [2.05, 4.69) is 15.4 Å². The lowest BCUT2D eigenvalue weighted by Gasteiger charge is -2.08. The maximum atomic E-state index is 13.0. The molecule has 2 aromatic carbocycles. The van der Waals surface area contributed by atoms with Gasteiger partial charge in [0.1, 0.15) is 5.82 Å². The number of imidazole rings is 1. The molecule has 1 amide bonds. The predicted molar refractivity (Wildman–Crippen MR) is 122 cm³/mol. The van der Waals surface area contributed by atoms with Gasteiger partial charge in [0.25, 0.3) is 0 Å². The molecule has 1 N–H and O–H groups in total. The molecular formula is C25H21N5O. The summed E-state index contributed by atoms with van der Waals surface area (Å²) in [5.74, 6) is 0.361. The van der Waals surface area contributed by atoms with Gasteiger partial charge in [0.2, 0.25) is 5.91 Å². The summed E-state index contributed by atoms with van der Waals surface area (Å²) >= 11 is 0.